The first-order valence-electron chi connectivity index (χ1n) is 23.3. The minimum Gasteiger partial charge on any atom is -0.453 e. The van der Waals surface area contributed by atoms with Gasteiger partial charge in [0.1, 0.15) is 0 Å². The van der Waals surface area contributed by atoms with Gasteiger partial charge in [-0.1, -0.05) is 184 Å². The highest BCUT2D eigenvalue weighted by molar-refractivity contribution is 6.00. The molecule has 67 heavy (non-hydrogen) atoms. The molecular formula is C64H44N2O. The molecule has 1 spiro atoms. The molecule has 0 unspecified atom stereocenters. The van der Waals surface area contributed by atoms with Crippen LogP contribution in [0.15, 0.2) is 231 Å². The lowest BCUT2D eigenvalue weighted by Gasteiger charge is -2.47. The zero-order valence-electron chi connectivity index (χ0n) is 37.2. The first kappa shape index (κ1) is 37.9. The van der Waals surface area contributed by atoms with Crippen LogP contribution in [0.1, 0.15) is 47.2 Å². The van der Waals surface area contributed by atoms with E-state index in [-0.39, 0.29) is 5.41 Å². The van der Waals surface area contributed by atoms with Gasteiger partial charge in [0.2, 0.25) is 0 Å². The topological polar surface area (TPSA) is 15.7 Å². The summed E-state index contributed by atoms with van der Waals surface area (Å²) in [5.41, 5.74) is 23.4. The van der Waals surface area contributed by atoms with E-state index in [1.54, 1.807) is 0 Å². The number of rotatable bonds is 5. The van der Waals surface area contributed by atoms with Crippen molar-refractivity contribution < 1.29 is 4.74 Å². The third-order valence-electron chi connectivity index (χ3n) is 15.0. The summed E-state index contributed by atoms with van der Waals surface area (Å²) in [6.45, 7) is 4.72. The molecule has 0 saturated heterocycles. The van der Waals surface area contributed by atoms with Gasteiger partial charge in [-0.25, -0.2) is 0 Å². The van der Waals surface area contributed by atoms with E-state index in [1.807, 2.05) is 0 Å². The van der Waals surface area contributed by atoms with Crippen LogP contribution in [0, 0.1) is 0 Å². The van der Waals surface area contributed by atoms with Crippen LogP contribution in [0.25, 0.3) is 44.5 Å². The van der Waals surface area contributed by atoms with Crippen LogP contribution < -0.4 is 14.5 Å². The van der Waals surface area contributed by atoms with Crippen LogP contribution in [0.3, 0.4) is 0 Å². The first-order valence-corrected chi connectivity index (χ1v) is 23.3. The molecular weight excluding hydrogens is 813 g/mol. The van der Waals surface area contributed by atoms with Crippen molar-refractivity contribution in [3.05, 3.63) is 264 Å². The standard InChI is InChI=1S/C64H44N2O/c1-63(2)52-25-12-9-22-48(52)51-34-32-45(39-57(51)63)65(47-37-43(41-18-5-3-6-19-41)36-44(38-47)42-20-7-4-8-21-42)46-33-35-59-61(40-46)67-60-31-17-29-56-62(60)66(59)58-30-16-15-28-55(58)64(56)53-26-13-10-23-49(53)50-24-11-14-27-54(50)64/h3-40H,1-2H3. The second kappa shape index (κ2) is 14.1. The number of fused-ring (bicyclic) bond motifs is 14. The Bertz CT molecular complexity index is 3560. The van der Waals surface area contributed by atoms with Crippen molar-refractivity contribution in [2.24, 2.45) is 0 Å². The normalized spacial score (nSPS) is 14.4. The van der Waals surface area contributed by atoms with Crippen LogP contribution in [0.2, 0.25) is 0 Å². The van der Waals surface area contributed by atoms with E-state index in [0.717, 1.165) is 56.8 Å². The molecule has 2 aliphatic heterocycles. The van der Waals surface area contributed by atoms with Gasteiger partial charge in [-0.05, 0) is 132 Å². The second-order valence-electron chi connectivity index (χ2n) is 18.8. The maximum absolute atomic E-state index is 7.25. The molecule has 0 radical (unpaired) electrons. The lowest BCUT2D eigenvalue weighted by Crippen LogP contribution is -2.37. The Morgan fingerprint density at radius 2 is 0.866 bits per heavy atom. The molecule has 0 bridgehead atoms. The Balaban J connectivity index is 0.985. The number of para-hydroxylation sites is 2. The smallest absolute Gasteiger partial charge is 0.153 e. The summed E-state index contributed by atoms with van der Waals surface area (Å²) in [4.78, 5) is 4.89. The predicted octanol–water partition coefficient (Wildman–Crippen LogP) is 17.0. The van der Waals surface area contributed by atoms with Crippen LogP contribution in [0.4, 0.5) is 34.1 Å². The maximum atomic E-state index is 7.25. The molecule has 0 amide bonds. The van der Waals surface area contributed by atoms with Crippen molar-refractivity contribution in [1.29, 1.82) is 0 Å². The van der Waals surface area contributed by atoms with Crippen molar-refractivity contribution in [2.75, 3.05) is 9.80 Å². The molecule has 0 atom stereocenters. The van der Waals surface area contributed by atoms with Crippen molar-refractivity contribution in [2.45, 2.75) is 24.7 Å². The average molecular weight is 857 g/mol. The zero-order chi connectivity index (χ0) is 44.4. The van der Waals surface area contributed by atoms with Crippen LogP contribution >= 0.6 is 0 Å². The molecule has 0 saturated carbocycles. The highest BCUT2D eigenvalue weighted by atomic mass is 16.5. The molecule has 0 N–H and O–H groups in total. The fraction of sp³-hybridized carbons (Fsp3) is 0.0625. The number of benzene rings is 10. The summed E-state index contributed by atoms with van der Waals surface area (Å²) >= 11 is 0. The van der Waals surface area contributed by atoms with Gasteiger partial charge in [-0.3, -0.25) is 0 Å². The summed E-state index contributed by atoms with van der Waals surface area (Å²) < 4.78 is 7.25. The lowest BCUT2D eigenvalue weighted by atomic mass is 9.64. The van der Waals surface area contributed by atoms with Crippen molar-refractivity contribution >= 4 is 34.1 Å². The van der Waals surface area contributed by atoms with Gasteiger partial charge in [0.05, 0.1) is 22.5 Å². The monoisotopic (exact) mass is 856 g/mol. The molecule has 0 fully saturated rings. The highest BCUT2D eigenvalue weighted by Crippen LogP contribution is 2.67. The molecule has 2 heterocycles. The van der Waals surface area contributed by atoms with Crippen LogP contribution in [0.5, 0.6) is 11.5 Å². The Labute approximate surface area is 391 Å². The van der Waals surface area contributed by atoms with Gasteiger partial charge in [0.15, 0.2) is 11.5 Å². The van der Waals surface area contributed by atoms with E-state index in [1.165, 1.54) is 66.8 Å². The summed E-state index contributed by atoms with van der Waals surface area (Å²) in [5.74, 6) is 1.65. The number of hydrogen-bond donors (Lipinski definition) is 0. The summed E-state index contributed by atoms with van der Waals surface area (Å²) in [7, 11) is 0. The molecule has 316 valence electrons. The zero-order valence-corrected chi connectivity index (χ0v) is 37.2. The van der Waals surface area contributed by atoms with Gasteiger partial charge >= 0.3 is 0 Å². The largest absolute Gasteiger partial charge is 0.453 e. The lowest BCUT2D eigenvalue weighted by molar-refractivity contribution is 0.474. The Morgan fingerprint density at radius 1 is 0.343 bits per heavy atom. The van der Waals surface area contributed by atoms with Gasteiger partial charge in [-0.15, -0.1) is 0 Å². The van der Waals surface area contributed by atoms with Gasteiger partial charge in [0.25, 0.3) is 0 Å². The Kier molecular flexibility index (Phi) is 7.95. The van der Waals surface area contributed by atoms with E-state index in [0.29, 0.717) is 0 Å². The molecule has 2 aliphatic carbocycles. The van der Waals surface area contributed by atoms with Crippen molar-refractivity contribution in [3.8, 4) is 56.0 Å². The molecule has 10 aromatic rings. The van der Waals surface area contributed by atoms with Crippen LogP contribution in [-0.2, 0) is 10.8 Å². The Morgan fingerprint density at radius 3 is 1.54 bits per heavy atom. The third-order valence-corrected chi connectivity index (χ3v) is 15.0. The molecule has 14 rings (SSSR count). The van der Waals surface area contributed by atoms with Crippen molar-refractivity contribution in [1.82, 2.24) is 0 Å². The number of anilines is 6. The molecule has 3 nitrogen and oxygen atoms in total. The van der Waals surface area contributed by atoms with E-state index >= 15 is 0 Å². The number of hydrogen-bond acceptors (Lipinski definition) is 3. The van der Waals surface area contributed by atoms with Crippen LogP contribution in [-0.4, -0.2) is 0 Å². The van der Waals surface area contributed by atoms with Gasteiger partial charge in [-0.2, -0.15) is 0 Å². The fourth-order valence-electron chi connectivity index (χ4n) is 12.1. The number of ether oxygens (including phenoxy) is 1. The van der Waals surface area contributed by atoms with E-state index in [4.69, 9.17) is 4.74 Å². The fourth-order valence-corrected chi connectivity index (χ4v) is 12.1. The van der Waals surface area contributed by atoms with E-state index in [2.05, 4.69) is 254 Å². The summed E-state index contributed by atoms with van der Waals surface area (Å²) in [6, 6.07) is 84.8. The van der Waals surface area contributed by atoms with Crippen molar-refractivity contribution in [3.63, 3.8) is 0 Å². The van der Waals surface area contributed by atoms with Gasteiger partial charge in [0, 0.05) is 28.5 Å². The number of nitrogens with zero attached hydrogens (tertiary/aromatic N) is 2. The van der Waals surface area contributed by atoms with E-state index < -0.39 is 5.41 Å². The minimum absolute atomic E-state index is 0.172. The second-order valence-corrected chi connectivity index (χ2v) is 18.8. The highest BCUT2D eigenvalue weighted by Gasteiger charge is 2.53. The molecule has 10 aromatic carbocycles. The predicted molar refractivity (Wildman–Crippen MR) is 275 cm³/mol. The minimum atomic E-state index is -0.509. The summed E-state index contributed by atoms with van der Waals surface area (Å²) in [5, 5.41) is 0. The third kappa shape index (κ3) is 5.28. The average Bonchev–Trinajstić information content (AvgIpc) is 3.80. The summed E-state index contributed by atoms with van der Waals surface area (Å²) in [6.07, 6.45) is 0. The Hall–Kier alpha value is -8.40. The van der Waals surface area contributed by atoms with E-state index in [9.17, 15) is 0 Å². The molecule has 4 aliphatic rings. The molecule has 0 aromatic heterocycles. The quantitative estimate of drug-likeness (QED) is 0.171. The maximum Gasteiger partial charge on any atom is 0.153 e. The SMILES string of the molecule is CC1(C)c2ccccc2-c2ccc(N(c3cc(-c4ccccc4)cc(-c4ccccc4)c3)c3ccc4c(c3)Oc3cccc5c3N4c3ccccc3C53c4ccccc4-c4ccccc43)cc21. The molecule has 3 heteroatoms. The van der Waals surface area contributed by atoms with Gasteiger partial charge < -0.3 is 14.5 Å². The first-order chi connectivity index (χ1) is 33.0.